The fourth-order valence-corrected chi connectivity index (χ4v) is 3.99. The SMILES string of the molecule is Cc1cccn2cc(COc3ccc(C(=O)N4CCN(CC(=O)NC(C)C)CC4)cc3)nc12. The first kappa shape index (κ1) is 22.8. The topological polar surface area (TPSA) is 79.2 Å². The molecule has 1 fully saturated rings. The fraction of sp³-hybridized carbons (Fsp3) is 0.400. The zero-order valence-electron chi connectivity index (χ0n) is 19.5. The third-order valence-electron chi connectivity index (χ3n) is 5.69. The minimum Gasteiger partial charge on any atom is -0.487 e. The van der Waals surface area contributed by atoms with Crippen LogP contribution in [-0.2, 0) is 11.4 Å². The van der Waals surface area contributed by atoms with Gasteiger partial charge in [0.2, 0.25) is 5.91 Å². The highest BCUT2D eigenvalue weighted by Crippen LogP contribution is 2.17. The minimum absolute atomic E-state index is 0.00339. The lowest BCUT2D eigenvalue weighted by Crippen LogP contribution is -2.51. The van der Waals surface area contributed by atoms with Gasteiger partial charge in [0.1, 0.15) is 18.0 Å². The molecule has 0 saturated carbocycles. The second-order valence-electron chi connectivity index (χ2n) is 8.76. The summed E-state index contributed by atoms with van der Waals surface area (Å²) in [7, 11) is 0. The van der Waals surface area contributed by atoms with Crippen LogP contribution < -0.4 is 10.1 Å². The third kappa shape index (κ3) is 5.70. The number of hydrogen-bond acceptors (Lipinski definition) is 5. The Labute approximate surface area is 194 Å². The predicted octanol–water partition coefficient (Wildman–Crippen LogP) is 2.50. The summed E-state index contributed by atoms with van der Waals surface area (Å²) in [5, 5.41) is 2.91. The highest BCUT2D eigenvalue weighted by molar-refractivity contribution is 5.94. The molecule has 3 aromatic rings. The summed E-state index contributed by atoms with van der Waals surface area (Å²) in [6, 6.07) is 11.4. The molecule has 0 aliphatic carbocycles. The van der Waals surface area contributed by atoms with E-state index in [1.54, 1.807) is 12.1 Å². The molecule has 4 rings (SSSR count). The smallest absolute Gasteiger partial charge is 0.253 e. The van der Waals surface area contributed by atoms with E-state index < -0.39 is 0 Å². The second-order valence-corrected chi connectivity index (χ2v) is 8.76. The van der Waals surface area contributed by atoms with Crippen LogP contribution in [0.25, 0.3) is 5.65 Å². The molecule has 8 nitrogen and oxygen atoms in total. The second kappa shape index (κ2) is 10.0. The van der Waals surface area contributed by atoms with Crippen molar-refractivity contribution in [2.24, 2.45) is 0 Å². The van der Waals surface area contributed by atoms with E-state index in [0.29, 0.717) is 50.6 Å². The Morgan fingerprint density at radius 2 is 1.82 bits per heavy atom. The number of fused-ring (bicyclic) bond motifs is 1. The number of carbonyl (C=O) groups excluding carboxylic acids is 2. The predicted molar refractivity (Wildman–Crippen MR) is 126 cm³/mol. The van der Waals surface area contributed by atoms with Crippen LogP contribution in [0.1, 0.15) is 35.5 Å². The Hall–Kier alpha value is -3.39. The van der Waals surface area contributed by atoms with E-state index in [0.717, 1.165) is 16.9 Å². The van der Waals surface area contributed by atoms with E-state index in [9.17, 15) is 9.59 Å². The van der Waals surface area contributed by atoms with Gasteiger partial charge in [-0.25, -0.2) is 4.98 Å². The largest absolute Gasteiger partial charge is 0.487 e. The van der Waals surface area contributed by atoms with Crippen LogP contribution in [-0.4, -0.2) is 69.8 Å². The number of aryl methyl sites for hydroxylation is 1. The molecule has 3 heterocycles. The van der Waals surface area contributed by atoms with Gasteiger partial charge >= 0.3 is 0 Å². The highest BCUT2D eigenvalue weighted by Gasteiger charge is 2.23. The quantitative estimate of drug-likeness (QED) is 0.600. The van der Waals surface area contributed by atoms with Crippen molar-refractivity contribution in [1.29, 1.82) is 0 Å². The zero-order valence-corrected chi connectivity index (χ0v) is 19.5. The molecule has 33 heavy (non-hydrogen) atoms. The Morgan fingerprint density at radius 3 is 2.48 bits per heavy atom. The van der Waals surface area contributed by atoms with Gasteiger partial charge < -0.3 is 19.4 Å². The number of carbonyl (C=O) groups is 2. The van der Waals surface area contributed by atoms with E-state index in [1.807, 2.05) is 66.7 Å². The summed E-state index contributed by atoms with van der Waals surface area (Å²) >= 11 is 0. The van der Waals surface area contributed by atoms with Crippen LogP contribution in [0.5, 0.6) is 5.75 Å². The monoisotopic (exact) mass is 449 g/mol. The van der Waals surface area contributed by atoms with Gasteiger partial charge in [-0.1, -0.05) is 6.07 Å². The lowest BCUT2D eigenvalue weighted by atomic mass is 10.1. The minimum atomic E-state index is 0.00339. The van der Waals surface area contributed by atoms with Crippen molar-refractivity contribution < 1.29 is 14.3 Å². The third-order valence-corrected chi connectivity index (χ3v) is 5.69. The van der Waals surface area contributed by atoms with Crippen molar-refractivity contribution in [2.45, 2.75) is 33.4 Å². The molecule has 0 unspecified atom stereocenters. The summed E-state index contributed by atoms with van der Waals surface area (Å²) in [6.07, 6.45) is 3.94. The Bertz CT molecular complexity index is 1110. The maximum Gasteiger partial charge on any atom is 0.253 e. The molecule has 1 N–H and O–H groups in total. The summed E-state index contributed by atoms with van der Waals surface area (Å²) in [4.78, 5) is 33.4. The number of piperazine rings is 1. The van der Waals surface area contributed by atoms with Crippen LogP contribution in [0.3, 0.4) is 0 Å². The van der Waals surface area contributed by atoms with Crippen LogP contribution in [0.2, 0.25) is 0 Å². The summed E-state index contributed by atoms with van der Waals surface area (Å²) < 4.78 is 7.87. The summed E-state index contributed by atoms with van der Waals surface area (Å²) in [5.74, 6) is 0.726. The van der Waals surface area contributed by atoms with Gasteiger partial charge in [0.25, 0.3) is 5.91 Å². The Balaban J connectivity index is 1.27. The van der Waals surface area contributed by atoms with Gasteiger partial charge in [-0.05, 0) is 56.7 Å². The normalized spacial score (nSPS) is 14.6. The molecule has 8 heteroatoms. The van der Waals surface area contributed by atoms with Crippen LogP contribution in [0.4, 0.5) is 0 Å². The van der Waals surface area contributed by atoms with Crippen molar-refractivity contribution in [3.63, 3.8) is 0 Å². The first-order valence-electron chi connectivity index (χ1n) is 11.4. The number of ether oxygens (including phenoxy) is 1. The number of hydrogen-bond donors (Lipinski definition) is 1. The summed E-state index contributed by atoms with van der Waals surface area (Å²) in [6.45, 7) is 9.27. The molecule has 2 amide bonds. The van der Waals surface area contributed by atoms with Gasteiger partial charge in [0.15, 0.2) is 0 Å². The van der Waals surface area contributed by atoms with E-state index in [-0.39, 0.29) is 17.9 Å². The zero-order chi connectivity index (χ0) is 23.4. The standard InChI is InChI=1S/C25H31N5O3/c1-18(2)26-23(31)16-28-11-13-29(14-12-28)25(32)20-6-8-22(9-7-20)33-17-21-15-30-10-4-5-19(3)24(30)27-21/h4-10,15,18H,11-14,16-17H2,1-3H3,(H,26,31). The van der Waals surface area contributed by atoms with Crippen molar-refractivity contribution in [1.82, 2.24) is 24.5 Å². The van der Waals surface area contributed by atoms with Crippen molar-refractivity contribution in [3.8, 4) is 5.75 Å². The molecule has 0 spiro atoms. The number of aromatic nitrogens is 2. The molecular formula is C25H31N5O3. The number of nitrogens with zero attached hydrogens (tertiary/aromatic N) is 4. The van der Waals surface area contributed by atoms with Crippen LogP contribution >= 0.6 is 0 Å². The van der Waals surface area contributed by atoms with Gasteiger partial charge in [-0.2, -0.15) is 0 Å². The maximum absolute atomic E-state index is 12.9. The number of rotatable bonds is 7. The molecule has 0 atom stereocenters. The molecule has 0 radical (unpaired) electrons. The maximum atomic E-state index is 12.9. The molecule has 1 aromatic carbocycles. The molecule has 1 aliphatic rings. The van der Waals surface area contributed by atoms with Gasteiger partial charge in [-0.3, -0.25) is 14.5 Å². The first-order chi connectivity index (χ1) is 15.9. The van der Waals surface area contributed by atoms with Crippen LogP contribution in [0.15, 0.2) is 48.8 Å². The number of benzene rings is 1. The molecule has 0 bridgehead atoms. The molecule has 1 aliphatic heterocycles. The van der Waals surface area contributed by atoms with Crippen molar-refractivity contribution in [2.75, 3.05) is 32.7 Å². The number of nitrogens with one attached hydrogen (secondary N) is 1. The molecule has 1 saturated heterocycles. The fourth-order valence-electron chi connectivity index (χ4n) is 3.99. The summed E-state index contributed by atoms with van der Waals surface area (Å²) in [5.41, 5.74) is 3.53. The van der Waals surface area contributed by atoms with Gasteiger partial charge in [0, 0.05) is 50.2 Å². The average Bonchev–Trinajstić information content (AvgIpc) is 3.22. The van der Waals surface area contributed by atoms with E-state index >= 15 is 0 Å². The lowest BCUT2D eigenvalue weighted by Gasteiger charge is -2.34. The highest BCUT2D eigenvalue weighted by atomic mass is 16.5. The number of amides is 2. The molecular weight excluding hydrogens is 418 g/mol. The van der Waals surface area contributed by atoms with E-state index in [1.165, 1.54) is 0 Å². The van der Waals surface area contributed by atoms with Gasteiger partial charge in [-0.15, -0.1) is 0 Å². The number of imidazole rings is 1. The molecule has 174 valence electrons. The van der Waals surface area contributed by atoms with Crippen LogP contribution in [0, 0.1) is 6.92 Å². The van der Waals surface area contributed by atoms with E-state index in [4.69, 9.17) is 4.74 Å². The Kier molecular flexibility index (Phi) is 6.93. The average molecular weight is 450 g/mol. The van der Waals surface area contributed by atoms with E-state index in [2.05, 4.69) is 15.2 Å². The van der Waals surface area contributed by atoms with Gasteiger partial charge in [0.05, 0.1) is 12.2 Å². The Morgan fingerprint density at radius 1 is 1.09 bits per heavy atom. The van der Waals surface area contributed by atoms with Crippen molar-refractivity contribution >= 4 is 17.5 Å². The number of pyridine rings is 1. The lowest BCUT2D eigenvalue weighted by molar-refractivity contribution is -0.123. The van der Waals surface area contributed by atoms with Crippen molar-refractivity contribution in [3.05, 3.63) is 65.6 Å². The first-order valence-corrected chi connectivity index (χ1v) is 11.4. The molecule has 2 aromatic heterocycles.